The maximum atomic E-state index is 14.1. The average Bonchev–Trinajstić information content (AvgIpc) is 3.23. The molecular formula is C20H21F2N5O. The van der Waals surface area contributed by atoms with Crippen LogP contribution in [-0.2, 0) is 17.8 Å². The fourth-order valence-corrected chi connectivity index (χ4v) is 4.26. The second-order valence-electron chi connectivity index (χ2n) is 7.68. The standard InChI is InChI=1S/C20H21F2N5O/c1-11-4-19-24-18-9-26(7-12(18)8-27(19)25-11)14-6-17(23)20(28-10-14)15-5-13(21)2-3-16(15)22/h2-5,8,14,17,20H,6-7,9-10,23H2,1H3. The molecule has 2 aliphatic heterocycles. The predicted octanol–water partition coefficient (Wildman–Crippen LogP) is 2.49. The number of ether oxygens (including phenoxy) is 1. The van der Waals surface area contributed by atoms with E-state index in [-0.39, 0.29) is 11.6 Å². The van der Waals surface area contributed by atoms with Crippen molar-refractivity contribution in [1.29, 1.82) is 0 Å². The lowest BCUT2D eigenvalue weighted by Crippen LogP contribution is -2.47. The molecule has 1 saturated heterocycles. The van der Waals surface area contributed by atoms with E-state index in [0.29, 0.717) is 13.0 Å². The van der Waals surface area contributed by atoms with E-state index >= 15 is 0 Å². The highest BCUT2D eigenvalue weighted by atomic mass is 19.1. The Labute approximate surface area is 160 Å². The van der Waals surface area contributed by atoms with Gasteiger partial charge in [-0.3, -0.25) is 4.90 Å². The third kappa shape index (κ3) is 2.97. The van der Waals surface area contributed by atoms with Crippen LogP contribution in [0.2, 0.25) is 0 Å². The number of fused-ring (bicyclic) bond motifs is 2. The van der Waals surface area contributed by atoms with Gasteiger partial charge in [0.15, 0.2) is 5.65 Å². The molecule has 1 aromatic carbocycles. The van der Waals surface area contributed by atoms with Crippen LogP contribution < -0.4 is 5.73 Å². The maximum Gasteiger partial charge on any atom is 0.155 e. The average molecular weight is 385 g/mol. The molecule has 0 aliphatic carbocycles. The van der Waals surface area contributed by atoms with Gasteiger partial charge in [-0.05, 0) is 31.5 Å². The number of aromatic nitrogens is 3. The lowest BCUT2D eigenvalue weighted by Gasteiger charge is -2.38. The summed E-state index contributed by atoms with van der Waals surface area (Å²) in [5.41, 5.74) is 10.5. The number of nitrogens with two attached hydrogens (primary N) is 1. The van der Waals surface area contributed by atoms with Crippen molar-refractivity contribution < 1.29 is 13.5 Å². The summed E-state index contributed by atoms with van der Waals surface area (Å²) >= 11 is 0. The number of hydrogen-bond donors (Lipinski definition) is 1. The Balaban J connectivity index is 1.31. The van der Waals surface area contributed by atoms with E-state index in [9.17, 15) is 8.78 Å². The number of halogens is 2. The minimum Gasteiger partial charge on any atom is -0.370 e. The number of rotatable bonds is 2. The van der Waals surface area contributed by atoms with Crippen LogP contribution in [0, 0.1) is 18.6 Å². The zero-order valence-electron chi connectivity index (χ0n) is 15.5. The number of aryl methyl sites for hydroxylation is 1. The minimum atomic E-state index is -0.638. The van der Waals surface area contributed by atoms with Crippen molar-refractivity contribution >= 4 is 5.65 Å². The molecule has 0 spiro atoms. The molecule has 0 bridgehead atoms. The van der Waals surface area contributed by atoms with Crippen LogP contribution in [0.15, 0.2) is 30.5 Å². The normalized spacial score (nSPS) is 25.4. The summed E-state index contributed by atoms with van der Waals surface area (Å²) in [6, 6.07) is 5.04. The van der Waals surface area contributed by atoms with Crippen molar-refractivity contribution in [1.82, 2.24) is 19.5 Å². The molecule has 3 aromatic rings. The smallest absolute Gasteiger partial charge is 0.155 e. The van der Waals surface area contributed by atoms with Gasteiger partial charge in [-0.2, -0.15) is 5.10 Å². The van der Waals surface area contributed by atoms with Gasteiger partial charge in [-0.15, -0.1) is 0 Å². The van der Waals surface area contributed by atoms with E-state index in [1.165, 1.54) is 6.07 Å². The number of nitrogens with zero attached hydrogens (tertiary/aromatic N) is 4. The van der Waals surface area contributed by atoms with Crippen molar-refractivity contribution in [2.24, 2.45) is 5.73 Å². The van der Waals surface area contributed by atoms with Gasteiger partial charge in [0, 0.05) is 48.6 Å². The van der Waals surface area contributed by atoms with Crippen LogP contribution in [0.1, 0.15) is 35.0 Å². The van der Waals surface area contributed by atoms with Crippen molar-refractivity contribution in [3.05, 3.63) is 64.6 Å². The molecule has 6 nitrogen and oxygen atoms in total. The first-order chi connectivity index (χ1) is 13.5. The van der Waals surface area contributed by atoms with E-state index < -0.39 is 23.8 Å². The van der Waals surface area contributed by atoms with Crippen molar-refractivity contribution in [2.75, 3.05) is 6.61 Å². The van der Waals surface area contributed by atoms with Gasteiger partial charge in [0.1, 0.15) is 17.7 Å². The van der Waals surface area contributed by atoms with Crippen LogP contribution in [0.3, 0.4) is 0 Å². The first-order valence-electron chi connectivity index (χ1n) is 9.39. The third-order valence-electron chi connectivity index (χ3n) is 5.65. The summed E-state index contributed by atoms with van der Waals surface area (Å²) < 4.78 is 35.4. The largest absolute Gasteiger partial charge is 0.370 e. The molecule has 0 radical (unpaired) electrons. The van der Waals surface area contributed by atoms with Crippen LogP contribution in [0.4, 0.5) is 8.78 Å². The van der Waals surface area contributed by atoms with Gasteiger partial charge in [0.25, 0.3) is 0 Å². The first kappa shape index (κ1) is 17.7. The van der Waals surface area contributed by atoms with E-state index in [4.69, 9.17) is 15.5 Å². The second kappa shape index (κ2) is 6.58. The van der Waals surface area contributed by atoms with Crippen molar-refractivity contribution in [3.63, 3.8) is 0 Å². The molecule has 1 fully saturated rings. The van der Waals surface area contributed by atoms with Crippen molar-refractivity contribution in [3.8, 4) is 0 Å². The van der Waals surface area contributed by atoms with E-state index in [2.05, 4.69) is 10.00 Å². The summed E-state index contributed by atoms with van der Waals surface area (Å²) in [7, 11) is 0. The van der Waals surface area contributed by atoms with Gasteiger partial charge in [-0.25, -0.2) is 18.3 Å². The summed E-state index contributed by atoms with van der Waals surface area (Å²) in [5.74, 6) is -0.979. The van der Waals surface area contributed by atoms with Crippen LogP contribution in [0.5, 0.6) is 0 Å². The lowest BCUT2D eigenvalue weighted by atomic mass is 9.93. The molecule has 3 atom stereocenters. The molecule has 146 valence electrons. The van der Waals surface area contributed by atoms with E-state index in [1.807, 2.05) is 23.7 Å². The Hall–Kier alpha value is -2.42. The van der Waals surface area contributed by atoms with Gasteiger partial charge >= 0.3 is 0 Å². The summed E-state index contributed by atoms with van der Waals surface area (Å²) in [6.45, 7) is 3.83. The molecule has 28 heavy (non-hydrogen) atoms. The highest BCUT2D eigenvalue weighted by Gasteiger charge is 2.36. The Morgan fingerprint density at radius 3 is 2.89 bits per heavy atom. The molecule has 4 heterocycles. The van der Waals surface area contributed by atoms with Crippen LogP contribution >= 0.6 is 0 Å². The minimum absolute atomic E-state index is 0.103. The Kier molecular flexibility index (Phi) is 4.15. The molecule has 0 amide bonds. The Bertz CT molecular complexity index is 1010. The zero-order valence-corrected chi connectivity index (χ0v) is 15.5. The number of hydrogen-bond acceptors (Lipinski definition) is 5. The third-order valence-corrected chi connectivity index (χ3v) is 5.65. The molecule has 2 aromatic heterocycles. The van der Waals surface area contributed by atoms with Gasteiger partial charge in [-0.1, -0.05) is 0 Å². The molecule has 5 rings (SSSR count). The summed E-state index contributed by atoms with van der Waals surface area (Å²) in [5, 5.41) is 4.42. The van der Waals surface area contributed by atoms with Crippen LogP contribution in [0.25, 0.3) is 5.65 Å². The summed E-state index contributed by atoms with van der Waals surface area (Å²) in [4.78, 5) is 7.00. The Morgan fingerprint density at radius 1 is 1.21 bits per heavy atom. The van der Waals surface area contributed by atoms with Gasteiger partial charge < -0.3 is 10.5 Å². The topological polar surface area (TPSA) is 68.7 Å². The molecular weight excluding hydrogens is 364 g/mol. The Morgan fingerprint density at radius 2 is 2.07 bits per heavy atom. The van der Waals surface area contributed by atoms with Crippen molar-refractivity contribution in [2.45, 2.75) is 44.6 Å². The summed E-state index contributed by atoms with van der Waals surface area (Å²) in [6.07, 6.45) is 2.03. The maximum absolute atomic E-state index is 14.1. The fraction of sp³-hybridized carbons (Fsp3) is 0.400. The van der Waals surface area contributed by atoms with Crippen LogP contribution in [-0.4, -0.2) is 38.2 Å². The second-order valence-corrected chi connectivity index (χ2v) is 7.68. The first-order valence-corrected chi connectivity index (χ1v) is 9.39. The number of benzene rings is 1. The van der Waals surface area contributed by atoms with E-state index in [1.54, 1.807) is 0 Å². The molecule has 2 N–H and O–H groups in total. The fourth-order valence-electron chi connectivity index (χ4n) is 4.26. The highest BCUT2D eigenvalue weighted by molar-refractivity contribution is 5.42. The predicted molar refractivity (Wildman–Crippen MR) is 98.4 cm³/mol. The van der Waals surface area contributed by atoms with Gasteiger partial charge in [0.05, 0.1) is 18.0 Å². The molecule has 2 aliphatic rings. The quantitative estimate of drug-likeness (QED) is 0.734. The zero-order chi connectivity index (χ0) is 19.4. The van der Waals surface area contributed by atoms with Gasteiger partial charge in [0.2, 0.25) is 0 Å². The molecule has 8 heteroatoms. The van der Waals surface area contributed by atoms with E-state index in [0.717, 1.165) is 47.8 Å². The lowest BCUT2D eigenvalue weighted by molar-refractivity contribution is -0.0532. The molecule has 3 unspecified atom stereocenters. The highest BCUT2D eigenvalue weighted by Crippen LogP contribution is 2.34. The monoisotopic (exact) mass is 385 g/mol. The SMILES string of the molecule is Cc1cc2nc3c(cn2n1)CN(C1COC(c2cc(F)ccc2F)C(N)C1)C3. The molecule has 0 saturated carbocycles.